The molecule has 4 rings (SSSR count). The molecular weight excluding hydrogens is 364 g/mol. The number of hydrogen-bond acceptors (Lipinski definition) is 5. The van der Waals surface area contributed by atoms with Gasteiger partial charge in [-0.2, -0.15) is 27.8 Å². The third-order valence-corrected chi connectivity index (χ3v) is 4.58. The van der Waals surface area contributed by atoms with Crippen LogP contribution in [0.15, 0.2) is 36.7 Å². The third-order valence-electron chi connectivity index (χ3n) is 4.58. The number of rotatable bonds is 3. The topological polar surface area (TPSA) is 58.3 Å². The van der Waals surface area contributed by atoms with Gasteiger partial charge in [-0.15, -0.1) is 0 Å². The van der Waals surface area contributed by atoms with Gasteiger partial charge in [0.05, 0.1) is 5.69 Å². The van der Waals surface area contributed by atoms with E-state index in [4.69, 9.17) is 0 Å². The van der Waals surface area contributed by atoms with Crippen LogP contribution in [0.5, 0.6) is 0 Å². The molecular formula is C17H16F4N6. The van der Waals surface area contributed by atoms with Crippen molar-refractivity contribution in [2.75, 3.05) is 23.3 Å². The number of hydrogen-bond donors (Lipinski definition) is 1. The summed E-state index contributed by atoms with van der Waals surface area (Å²) >= 11 is 0. The second-order valence-corrected chi connectivity index (χ2v) is 6.35. The highest BCUT2D eigenvalue weighted by Gasteiger charge is 2.35. The van der Waals surface area contributed by atoms with Gasteiger partial charge in [0.25, 0.3) is 5.78 Å². The van der Waals surface area contributed by atoms with Gasteiger partial charge in [-0.1, -0.05) is 12.1 Å². The van der Waals surface area contributed by atoms with Gasteiger partial charge in [-0.25, -0.2) is 9.37 Å². The number of benzene rings is 1. The molecule has 0 radical (unpaired) electrons. The number of alkyl halides is 3. The van der Waals surface area contributed by atoms with Crippen molar-refractivity contribution in [1.29, 1.82) is 0 Å². The minimum atomic E-state index is -4.56. The van der Waals surface area contributed by atoms with E-state index >= 15 is 0 Å². The van der Waals surface area contributed by atoms with E-state index in [-0.39, 0.29) is 17.6 Å². The van der Waals surface area contributed by atoms with Crippen molar-refractivity contribution in [2.45, 2.75) is 25.1 Å². The summed E-state index contributed by atoms with van der Waals surface area (Å²) in [5.41, 5.74) is -0.567. The average Bonchev–Trinajstić information content (AvgIpc) is 3.11. The molecule has 0 atom stereocenters. The predicted molar refractivity (Wildman–Crippen MR) is 91.0 cm³/mol. The Morgan fingerprint density at radius 2 is 1.85 bits per heavy atom. The summed E-state index contributed by atoms with van der Waals surface area (Å²) in [6, 6.07) is 7.44. The van der Waals surface area contributed by atoms with Crippen LogP contribution in [0, 0.1) is 5.82 Å². The zero-order chi connectivity index (χ0) is 19.0. The highest BCUT2D eigenvalue weighted by atomic mass is 19.4. The molecule has 0 amide bonds. The first kappa shape index (κ1) is 17.5. The fraction of sp³-hybridized carbons (Fsp3) is 0.353. The van der Waals surface area contributed by atoms with Crippen molar-refractivity contribution in [3.63, 3.8) is 0 Å². The van der Waals surface area contributed by atoms with Crippen LogP contribution < -0.4 is 10.2 Å². The number of aromatic nitrogens is 4. The van der Waals surface area contributed by atoms with E-state index in [0.29, 0.717) is 37.4 Å². The second kappa shape index (κ2) is 6.67. The van der Waals surface area contributed by atoms with E-state index in [1.807, 2.05) is 4.90 Å². The molecule has 1 aromatic carbocycles. The Morgan fingerprint density at radius 1 is 1.11 bits per heavy atom. The standard InChI is InChI=1S/C17H16F4N6/c18-12-3-1-2-4-13(12)24-11-5-7-26(8-6-11)15-9-14(17(19,20)21)25-16-22-10-23-27(15)16/h1-4,9-11,24H,5-8H2. The van der Waals surface area contributed by atoms with Crippen LogP contribution in [-0.2, 0) is 6.18 Å². The summed E-state index contributed by atoms with van der Waals surface area (Å²) in [6.07, 6.45) is -2.09. The molecule has 27 heavy (non-hydrogen) atoms. The minimum absolute atomic E-state index is 0.0355. The molecule has 1 N–H and O–H groups in total. The average molecular weight is 380 g/mol. The summed E-state index contributed by atoms with van der Waals surface area (Å²) in [5.74, 6) is -0.117. The van der Waals surface area contributed by atoms with Crippen molar-refractivity contribution in [1.82, 2.24) is 19.6 Å². The van der Waals surface area contributed by atoms with Crippen LogP contribution in [0.25, 0.3) is 5.78 Å². The molecule has 3 aromatic rings. The van der Waals surface area contributed by atoms with E-state index in [1.165, 1.54) is 16.9 Å². The van der Waals surface area contributed by atoms with Crippen molar-refractivity contribution in [3.05, 3.63) is 48.2 Å². The molecule has 0 spiro atoms. The minimum Gasteiger partial charge on any atom is -0.380 e. The monoisotopic (exact) mass is 380 g/mol. The maximum atomic E-state index is 13.8. The first-order chi connectivity index (χ1) is 12.9. The quantitative estimate of drug-likeness (QED) is 0.706. The summed E-state index contributed by atoms with van der Waals surface area (Å²) in [7, 11) is 0. The van der Waals surface area contributed by atoms with E-state index in [1.54, 1.807) is 18.2 Å². The molecule has 6 nitrogen and oxygen atoms in total. The normalized spacial score (nSPS) is 16.1. The molecule has 1 fully saturated rings. The molecule has 10 heteroatoms. The van der Waals surface area contributed by atoms with Crippen molar-refractivity contribution in [2.24, 2.45) is 0 Å². The Labute approximate surface area is 151 Å². The lowest BCUT2D eigenvalue weighted by Crippen LogP contribution is -2.40. The van der Waals surface area contributed by atoms with Crippen molar-refractivity contribution >= 4 is 17.3 Å². The summed E-state index contributed by atoms with van der Waals surface area (Å²) in [4.78, 5) is 9.13. The number of fused-ring (bicyclic) bond motifs is 1. The molecule has 1 aliphatic rings. The van der Waals surface area contributed by atoms with Crippen LogP contribution in [-0.4, -0.2) is 38.7 Å². The van der Waals surface area contributed by atoms with E-state index < -0.39 is 11.9 Å². The third kappa shape index (κ3) is 3.51. The predicted octanol–water partition coefficient (Wildman–Crippen LogP) is 3.36. The first-order valence-corrected chi connectivity index (χ1v) is 8.46. The summed E-state index contributed by atoms with van der Waals surface area (Å²) < 4.78 is 54.5. The first-order valence-electron chi connectivity index (χ1n) is 8.46. The van der Waals surface area contributed by atoms with Gasteiger partial charge < -0.3 is 10.2 Å². The highest BCUT2D eigenvalue weighted by Crippen LogP contribution is 2.31. The van der Waals surface area contributed by atoms with Gasteiger partial charge in [-0.3, -0.25) is 0 Å². The lowest BCUT2D eigenvalue weighted by molar-refractivity contribution is -0.141. The van der Waals surface area contributed by atoms with Crippen LogP contribution in [0.3, 0.4) is 0 Å². The molecule has 0 bridgehead atoms. The Morgan fingerprint density at radius 3 is 2.56 bits per heavy atom. The Bertz CT molecular complexity index is 946. The molecule has 0 saturated carbocycles. The molecule has 1 saturated heterocycles. The molecule has 1 aliphatic heterocycles. The van der Waals surface area contributed by atoms with Crippen LogP contribution in [0.2, 0.25) is 0 Å². The number of nitrogens with zero attached hydrogens (tertiary/aromatic N) is 5. The van der Waals surface area contributed by atoms with Crippen LogP contribution in [0.4, 0.5) is 29.1 Å². The lowest BCUT2D eigenvalue weighted by Gasteiger charge is -2.34. The largest absolute Gasteiger partial charge is 0.433 e. The molecule has 142 valence electrons. The number of nitrogens with one attached hydrogen (secondary N) is 1. The van der Waals surface area contributed by atoms with Crippen LogP contribution in [0.1, 0.15) is 18.5 Å². The molecule has 0 aliphatic carbocycles. The maximum absolute atomic E-state index is 13.8. The number of para-hydroxylation sites is 1. The van der Waals surface area contributed by atoms with E-state index in [2.05, 4.69) is 20.4 Å². The van der Waals surface area contributed by atoms with Crippen molar-refractivity contribution < 1.29 is 17.6 Å². The summed E-state index contributed by atoms with van der Waals surface area (Å²) in [5, 5.41) is 7.14. The maximum Gasteiger partial charge on any atom is 0.433 e. The van der Waals surface area contributed by atoms with Gasteiger partial charge in [0, 0.05) is 25.2 Å². The fourth-order valence-corrected chi connectivity index (χ4v) is 3.22. The number of piperidine rings is 1. The fourth-order valence-electron chi connectivity index (χ4n) is 3.22. The zero-order valence-corrected chi connectivity index (χ0v) is 14.1. The van der Waals surface area contributed by atoms with E-state index in [0.717, 1.165) is 6.07 Å². The SMILES string of the molecule is Fc1ccccc1NC1CCN(c2cc(C(F)(F)F)nc3ncnn23)CC1. The van der Waals surface area contributed by atoms with Gasteiger partial charge in [0.2, 0.25) is 0 Å². The highest BCUT2D eigenvalue weighted by molar-refractivity contribution is 5.49. The lowest BCUT2D eigenvalue weighted by atomic mass is 10.0. The van der Waals surface area contributed by atoms with Gasteiger partial charge in [0.1, 0.15) is 18.0 Å². The van der Waals surface area contributed by atoms with E-state index in [9.17, 15) is 17.6 Å². The molecule has 2 aromatic heterocycles. The van der Waals surface area contributed by atoms with Gasteiger partial charge in [0.15, 0.2) is 5.69 Å². The molecule has 0 unspecified atom stereocenters. The van der Waals surface area contributed by atoms with Gasteiger partial charge >= 0.3 is 6.18 Å². The Balaban J connectivity index is 1.53. The zero-order valence-electron chi connectivity index (χ0n) is 14.1. The molecule has 3 heterocycles. The smallest absolute Gasteiger partial charge is 0.380 e. The Hall–Kier alpha value is -2.91. The summed E-state index contributed by atoms with van der Waals surface area (Å²) in [6.45, 7) is 1.00. The van der Waals surface area contributed by atoms with Crippen LogP contribution >= 0.6 is 0 Å². The number of halogens is 4. The van der Waals surface area contributed by atoms with Crippen molar-refractivity contribution in [3.8, 4) is 0 Å². The number of anilines is 2. The Kier molecular flexibility index (Phi) is 4.33. The second-order valence-electron chi connectivity index (χ2n) is 6.35. The van der Waals surface area contributed by atoms with Gasteiger partial charge in [-0.05, 0) is 25.0 Å².